The molecule has 6 N–H and O–H groups in total. The van der Waals surface area contributed by atoms with Crippen molar-refractivity contribution in [2.24, 2.45) is 17.6 Å². The molecular weight excluding hydrogens is 374 g/mol. The number of hydrogen-bond donors (Lipinski definition) is 5. The van der Waals surface area contributed by atoms with Gasteiger partial charge in [-0.25, -0.2) is 4.79 Å². The third kappa shape index (κ3) is 8.11. The second-order valence-electron chi connectivity index (χ2n) is 7.87. The van der Waals surface area contributed by atoms with Crippen LogP contribution < -0.4 is 16.4 Å². The normalized spacial score (nSPS) is 15.2. The van der Waals surface area contributed by atoms with E-state index in [-0.39, 0.29) is 24.0 Å². The minimum absolute atomic E-state index is 0.0426. The molecule has 0 saturated heterocycles. The first-order valence-electron chi connectivity index (χ1n) is 9.92. The highest BCUT2D eigenvalue weighted by Gasteiger charge is 2.29. The molecule has 0 heterocycles. The number of hydrogen-bond acceptors (Lipinski definition) is 5. The van der Waals surface area contributed by atoms with Crippen molar-refractivity contribution in [1.29, 1.82) is 0 Å². The summed E-state index contributed by atoms with van der Waals surface area (Å²) in [4.78, 5) is 36.8. The number of phenols is 1. The van der Waals surface area contributed by atoms with Crippen molar-refractivity contribution in [2.45, 2.75) is 65.1 Å². The van der Waals surface area contributed by atoms with Gasteiger partial charge in [-0.15, -0.1) is 0 Å². The quantitative estimate of drug-likeness (QED) is 0.375. The molecule has 4 atom stereocenters. The van der Waals surface area contributed by atoms with E-state index in [2.05, 4.69) is 10.6 Å². The number of carbonyl (C=O) groups is 3. The van der Waals surface area contributed by atoms with Gasteiger partial charge in [0.15, 0.2) is 0 Å². The SMILES string of the molecule is CCC(C)C(N)C(=O)NC(CC(C)C)C(=O)NC(Cc1ccc(O)cc1)C(=O)O. The maximum absolute atomic E-state index is 12.8. The summed E-state index contributed by atoms with van der Waals surface area (Å²) in [6, 6.07) is 3.31. The molecule has 8 heteroatoms. The fraction of sp³-hybridized carbons (Fsp3) is 0.571. The fourth-order valence-corrected chi connectivity index (χ4v) is 2.82. The highest BCUT2D eigenvalue weighted by atomic mass is 16.4. The molecule has 0 radical (unpaired) electrons. The second kappa shape index (κ2) is 11.4. The molecule has 1 aromatic rings. The Kier molecular flexibility index (Phi) is 9.61. The Morgan fingerprint density at radius 3 is 2.03 bits per heavy atom. The van der Waals surface area contributed by atoms with E-state index in [0.29, 0.717) is 12.0 Å². The first-order valence-corrected chi connectivity index (χ1v) is 9.92. The number of nitrogens with one attached hydrogen (secondary N) is 2. The van der Waals surface area contributed by atoms with Crippen LogP contribution in [0.3, 0.4) is 0 Å². The summed E-state index contributed by atoms with van der Waals surface area (Å²) in [5, 5.41) is 24.0. The zero-order valence-electron chi connectivity index (χ0n) is 17.5. The Morgan fingerprint density at radius 2 is 1.55 bits per heavy atom. The van der Waals surface area contributed by atoms with Crippen LogP contribution in [0.2, 0.25) is 0 Å². The first-order chi connectivity index (χ1) is 13.5. The predicted molar refractivity (Wildman–Crippen MR) is 110 cm³/mol. The van der Waals surface area contributed by atoms with Gasteiger partial charge in [-0.05, 0) is 36.0 Å². The Hall–Kier alpha value is -2.61. The van der Waals surface area contributed by atoms with Crippen molar-refractivity contribution in [3.05, 3.63) is 29.8 Å². The number of aromatic hydroxyl groups is 1. The molecule has 2 amide bonds. The van der Waals surface area contributed by atoms with Gasteiger partial charge in [0.2, 0.25) is 11.8 Å². The molecule has 0 aliphatic heterocycles. The minimum atomic E-state index is -1.18. The molecule has 0 spiro atoms. The van der Waals surface area contributed by atoms with Gasteiger partial charge >= 0.3 is 5.97 Å². The Morgan fingerprint density at radius 1 is 1.00 bits per heavy atom. The summed E-state index contributed by atoms with van der Waals surface area (Å²) in [5.74, 6) is -2.04. The topological polar surface area (TPSA) is 142 Å². The average Bonchev–Trinajstić information content (AvgIpc) is 2.66. The Bertz CT molecular complexity index is 690. The van der Waals surface area contributed by atoms with E-state index in [4.69, 9.17) is 5.73 Å². The number of carbonyl (C=O) groups excluding carboxylic acids is 2. The molecule has 0 aliphatic carbocycles. The summed E-state index contributed by atoms with van der Waals surface area (Å²) >= 11 is 0. The van der Waals surface area contributed by atoms with Crippen LogP contribution in [0.4, 0.5) is 0 Å². The van der Waals surface area contributed by atoms with Crippen LogP contribution in [0.25, 0.3) is 0 Å². The molecule has 29 heavy (non-hydrogen) atoms. The standard InChI is InChI=1S/C21H33N3O5/c1-5-13(4)18(22)20(27)23-16(10-12(2)3)19(26)24-17(21(28)29)11-14-6-8-15(25)9-7-14/h6-9,12-13,16-18,25H,5,10-11,22H2,1-4H3,(H,23,27)(H,24,26)(H,28,29). The number of rotatable bonds is 11. The largest absolute Gasteiger partial charge is 0.508 e. The number of amides is 2. The molecule has 0 fully saturated rings. The van der Waals surface area contributed by atoms with Gasteiger partial charge in [0.05, 0.1) is 6.04 Å². The maximum atomic E-state index is 12.8. The number of benzene rings is 1. The van der Waals surface area contributed by atoms with E-state index in [1.54, 1.807) is 12.1 Å². The monoisotopic (exact) mass is 407 g/mol. The summed E-state index contributed by atoms with van der Waals surface area (Å²) in [6.07, 6.45) is 1.13. The first kappa shape index (κ1) is 24.4. The Labute approximate surface area is 171 Å². The lowest BCUT2D eigenvalue weighted by Gasteiger charge is -2.25. The average molecular weight is 408 g/mol. The lowest BCUT2D eigenvalue weighted by molar-refractivity contribution is -0.142. The molecule has 4 unspecified atom stereocenters. The molecule has 0 saturated carbocycles. The molecule has 1 rings (SSSR count). The molecular formula is C21H33N3O5. The van der Waals surface area contributed by atoms with E-state index >= 15 is 0 Å². The summed E-state index contributed by atoms with van der Waals surface area (Å²) < 4.78 is 0. The molecule has 0 aromatic heterocycles. The van der Waals surface area contributed by atoms with E-state index in [9.17, 15) is 24.6 Å². The van der Waals surface area contributed by atoms with Crippen molar-refractivity contribution in [3.63, 3.8) is 0 Å². The van der Waals surface area contributed by atoms with Crippen LogP contribution >= 0.6 is 0 Å². The highest BCUT2D eigenvalue weighted by molar-refractivity contribution is 5.91. The van der Waals surface area contributed by atoms with Gasteiger partial charge in [-0.2, -0.15) is 0 Å². The fourth-order valence-electron chi connectivity index (χ4n) is 2.82. The van der Waals surface area contributed by atoms with Crippen LogP contribution in [-0.4, -0.2) is 46.1 Å². The van der Waals surface area contributed by atoms with Crippen molar-refractivity contribution in [3.8, 4) is 5.75 Å². The van der Waals surface area contributed by atoms with Gasteiger partial charge < -0.3 is 26.6 Å². The van der Waals surface area contributed by atoms with Crippen LogP contribution in [0, 0.1) is 11.8 Å². The molecule has 0 bridgehead atoms. The predicted octanol–water partition coefficient (Wildman–Crippen LogP) is 1.41. The third-order valence-electron chi connectivity index (χ3n) is 4.89. The van der Waals surface area contributed by atoms with Gasteiger partial charge in [-0.1, -0.05) is 46.2 Å². The zero-order valence-corrected chi connectivity index (χ0v) is 17.5. The number of phenolic OH excluding ortho intramolecular Hbond substituents is 1. The summed E-state index contributed by atoms with van der Waals surface area (Å²) in [6.45, 7) is 7.61. The lowest BCUT2D eigenvalue weighted by Crippen LogP contribution is -2.56. The number of carboxylic acids is 1. The summed E-state index contributed by atoms with van der Waals surface area (Å²) in [7, 11) is 0. The smallest absolute Gasteiger partial charge is 0.326 e. The lowest BCUT2D eigenvalue weighted by atomic mass is 9.97. The zero-order chi connectivity index (χ0) is 22.1. The van der Waals surface area contributed by atoms with Gasteiger partial charge in [0, 0.05) is 6.42 Å². The summed E-state index contributed by atoms with van der Waals surface area (Å²) in [5.41, 5.74) is 6.61. The van der Waals surface area contributed by atoms with Crippen LogP contribution in [0.1, 0.15) is 46.1 Å². The van der Waals surface area contributed by atoms with Crippen LogP contribution in [0.5, 0.6) is 5.75 Å². The molecule has 162 valence electrons. The third-order valence-corrected chi connectivity index (χ3v) is 4.89. The van der Waals surface area contributed by atoms with E-state index < -0.39 is 35.9 Å². The van der Waals surface area contributed by atoms with Gasteiger partial charge in [0.1, 0.15) is 17.8 Å². The molecule has 8 nitrogen and oxygen atoms in total. The number of nitrogens with two attached hydrogens (primary N) is 1. The molecule has 1 aromatic carbocycles. The van der Waals surface area contributed by atoms with Crippen LogP contribution in [0.15, 0.2) is 24.3 Å². The number of aliphatic carboxylic acids is 1. The minimum Gasteiger partial charge on any atom is -0.508 e. The second-order valence-corrected chi connectivity index (χ2v) is 7.87. The van der Waals surface area contributed by atoms with Crippen molar-refractivity contribution < 1.29 is 24.6 Å². The molecule has 0 aliphatic rings. The van der Waals surface area contributed by atoms with Gasteiger partial charge in [-0.3, -0.25) is 9.59 Å². The van der Waals surface area contributed by atoms with Crippen molar-refractivity contribution >= 4 is 17.8 Å². The number of carboxylic acid groups (broad SMARTS) is 1. The van der Waals surface area contributed by atoms with E-state index in [0.717, 1.165) is 6.42 Å². The highest BCUT2D eigenvalue weighted by Crippen LogP contribution is 2.13. The van der Waals surface area contributed by atoms with Crippen LogP contribution in [-0.2, 0) is 20.8 Å². The van der Waals surface area contributed by atoms with E-state index in [1.165, 1.54) is 12.1 Å². The van der Waals surface area contributed by atoms with E-state index in [1.807, 2.05) is 27.7 Å². The van der Waals surface area contributed by atoms with Crippen molar-refractivity contribution in [1.82, 2.24) is 10.6 Å². The van der Waals surface area contributed by atoms with Gasteiger partial charge in [0.25, 0.3) is 0 Å². The van der Waals surface area contributed by atoms with Crippen molar-refractivity contribution in [2.75, 3.05) is 0 Å². The Balaban J connectivity index is 2.88. The maximum Gasteiger partial charge on any atom is 0.326 e.